The first-order valence-electron chi connectivity index (χ1n) is 6.64. The van der Waals surface area contributed by atoms with Gasteiger partial charge in [0.15, 0.2) is 0 Å². The molecule has 0 bridgehead atoms. The quantitative estimate of drug-likeness (QED) is 0.823. The van der Waals surface area contributed by atoms with Crippen LogP contribution in [0.2, 0.25) is 0 Å². The Hall–Kier alpha value is -2.21. The molecular formula is C16H17BrN2O3. The largest absolute Gasteiger partial charge is 0.497 e. The van der Waals surface area contributed by atoms with Crippen LogP contribution in [0.4, 0.5) is 11.4 Å². The first kappa shape index (κ1) is 16.2. The van der Waals surface area contributed by atoms with Crippen LogP contribution in [0.25, 0.3) is 0 Å². The number of halogens is 1. The average molecular weight is 365 g/mol. The summed E-state index contributed by atoms with van der Waals surface area (Å²) in [6.45, 7) is 0.129. The van der Waals surface area contributed by atoms with E-state index in [2.05, 4.69) is 26.6 Å². The second kappa shape index (κ2) is 7.70. The number of hydrogen-bond donors (Lipinski definition) is 2. The van der Waals surface area contributed by atoms with Gasteiger partial charge in [-0.3, -0.25) is 4.79 Å². The monoisotopic (exact) mass is 364 g/mol. The lowest BCUT2D eigenvalue weighted by molar-refractivity contribution is -0.114. The lowest BCUT2D eigenvalue weighted by atomic mass is 10.2. The fourth-order valence-electron chi connectivity index (χ4n) is 1.88. The number of methoxy groups -OCH3 is 2. The summed E-state index contributed by atoms with van der Waals surface area (Å²) in [4.78, 5) is 12.0. The Balaban J connectivity index is 1.98. The van der Waals surface area contributed by atoms with E-state index in [0.29, 0.717) is 11.5 Å². The van der Waals surface area contributed by atoms with Crippen molar-refractivity contribution in [2.75, 3.05) is 31.4 Å². The molecule has 0 aliphatic carbocycles. The summed E-state index contributed by atoms with van der Waals surface area (Å²) in [5, 5.41) is 5.87. The lowest BCUT2D eigenvalue weighted by Crippen LogP contribution is -2.22. The molecule has 1 amide bonds. The van der Waals surface area contributed by atoms with Gasteiger partial charge in [-0.25, -0.2) is 0 Å². The van der Waals surface area contributed by atoms with Gasteiger partial charge in [-0.1, -0.05) is 12.1 Å². The first-order valence-corrected chi connectivity index (χ1v) is 7.43. The lowest BCUT2D eigenvalue weighted by Gasteiger charge is -2.13. The van der Waals surface area contributed by atoms with Gasteiger partial charge in [0, 0.05) is 10.5 Å². The molecule has 5 nitrogen and oxygen atoms in total. The van der Waals surface area contributed by atoms with Gasteiger partial charge in [-0.05, 0) is 40.2 Å². The summed E-state index contributed by atoms with van der Waals surface area (Å²) >= 11 is 3.39. The summed E-state index contributed by atoms with van der Waals surface area (Å²) in [6, 6.07) is 12.8. The third kappa shape index (κ3) is 4.14. The zero-order valence-corrected chi connectivity index (χ0v) is 13.9. The van der Waals surface area contributed by atoms with Crippen LogP contribution in [-0.2, 0) is 4.79 Å². The highest BCUT2D eigenvalue weighted by atomic mass is 79.9. The fraction of sp³-hybridized carbons (Fsp3) is 0.188. The third-order valence-corrected chi connectivity index (χ3v) is 3.69. The van der Waals surface area contributed by atoms with E-state index < -0.39 is 0 Å². The Morgan fingerprint density at radius 2 is 1.86 bits per heavy atom. The molecular weight excluding hydrogens is 348 g/mol. The van der Waals surface area contributed by atoms with E-state index in [9.17, 15) is 4.79 Å². The number of hydrogen-bond acceptors (Lipinski definition) is 4. The second-order valence-electron chi connectivity index (χ2n) is 4.45. The number of nitrogens with one attached hydrogen (secondary N) is 2. The predicted octanol–water partition coefficient (Wildman–Crippen LogP) is 3.52. The van der Waals surface area contributed by atoms with Crippen LogP contribution in [0.5, 0.6) is 11.5 Å². The molecule has 0 aliphatic rings. The summed E-state index contributed by atoms with van der Waals surface area (Å²) in [7, 11) is 3.16. The number of rotatable bonds is 6. The van der Waals surface area contributed by atoms with Crippen LogP contribution in [0, 0.1) is 0 Å². The Morgan fingerprint density at radius 1 is 1.09 bits per heavy atom. The Bertz CT molecular complexity index is 662. The molecule has 116 valence electrons. The molecule has 2 rings (SSSR count). The molecule has 0 saturated heterocycles. The van der Waals surface area contributed by atoms with Crippen molar-refractivity contribution < 1.29 is 14.3 Å². The third-order valence-electron chi connectivity index (χ3n) is 3.00. The number of carbonyl (C=O) groups excluding carboxylic acids is 1. The number of amides is 1. The zero-order valence-electron chi connectivity index (χ0n) is 12.4. The number of benzene rings is 2. The topological polar surface area (TPSA) is 59.6 Å². The summed E-state index contributed by atoms with van der Waals surface area (Å²) in [5.41, 5.74) is 1.46. The molecule has 2 aromatic carbocycles. The van der Waals surface area contributed by atoms with Crippen LogP contribution >= 0.6 is 15.9 Å². The highest BCUT2D eigenvalue weighted by molar-refractivity contribution is 9.10. The minimum atomic E-state index is -0.148. The maximum absolute atomic E-state index is 12.0. The highest BCUT2D eigenvalue weighted by Crippen LogP contribution is 2.28. The summed E-state index contributed by atoms with van der Waals surface area (Å²) in [5.74, 6) is 1.16. The maximum atomic E-state index is 12.0. The molecule has 22 heavy (non-hydrogen) atoms. The van der Waals surface area contributed by atoms with Gasteiger partial charge in [0.1, 0.15) is 11.5 Å². The van der Waals surface area contributed by atoms with Crippen LogP contribution in [0.1, 0.15) is 0 Å². The van der Waals surface area contributed by atoms with Crippen molar-refractivity contribution in [2.45, 2.75) is 0 Å². The molecule has 0 radical (unpaired) electrons. The van der Waals surface area contributed by atoms with Gasteiger partial charge in [0.25, 0.3) is 0 Å². The van der Waals surface area contributed by atoms with Crippen molar-refractivity contribution in [1.82, 2.24) is 0 Å². The molecule has 2 aromatic rings. The SMILES string of the molecule is COc1ccc(NCC(=O)Nc2ccccc2Br)c(OC)c1. The predicted molar refractivity (Wildman–Crippen MR) is 90.8 cm³/mol. The van der Waals surface area contributed by atoms with Crippen LogP contribution in [0.15, 0.2) is 46.9 Å². The van der Waals surface area contributed by atoms with Crippen molar-refractivity contribution in [1.29, 1.82) is 0 Å². The van der Waals surface area contributed by atoms with Crippen molar-refractivity contribution >= 4 is 33.2 Å². The molecule has 0 aromatic heterocycles. The molecule has 0 saturated carbocycles. The zero-order chi connectivity index (χ0) is 15.9. The van der Waals surface area contributed by atoms with Crippen LogP contribution in [-0.4, -0.2) is 26.7 Å². The smallest absolute Gasteiger partial charge is 0.243 e. The molecule has 2 N–H and O–H groups in total. The van der Waals surface area contributed by atoms with Gasteiger partial charge in [0.2, 0.25) is 5.91 Å². The van der Waals surface area contributed by atoms with E-state index in [1.807, 2.05) is 30.3 Å². The fourth-order valence-corrected chi connectivity index (χ4v) is 2.26. The van der Waals surface area contributed by atoms with E-state index in [4.69, 9.17) is 9.47 Å². The number of para-hydroxylation sites is 1. The van der Waals surface area contributed by atoms with Gasteiger partial charge in [0.05, 0.1) is 32.1 Å². The highest BCUT2D eigenvalue weighted by Gasteiger charge is 2.08. The number of carbonyl (C=O) groups is 1. The molecule has 6 heteroatoms. The second-order valence-corrected chi connectivity index (χ2v) is 5.30. The average Bonchev–Trinajstić information content (AvgIpc) is 2.55. The van der Waals surface area contributed by atoms with Crippen molar-refractivity contribution in [3.8, 4) is 11.5 Å². The van der Waals surface area contributed by atoms with Gasteiger partial charge in [-0.15, -0.1) is 0 Å². The molecule has 0 heterocycles. The van der Waals surface area contributed by atoms with Gasteiger partial charge in [-0.2, -0.15) is 0 Å². The van der Waals surface area contributed by atoms with Crippen molar-refractivity contribution in [3.05, 3.63) is 46.9 Å². The minimum Gasteiger partial charge on any atom is -0.497 e. The van der Waals surface area contributed by atoms with Crippen LogP contribution < -0.4 is 20.1 Å². The minimum absolute atomic E-state index is 0.129. The van der Waals surface area contributed by atoms with E-state index >= 15 is 0 Å². The van der Waals surface area contributed by atoms with E-state index in [1.165, 1.54) is 0 Å². The summed E-state index contributed by atoms with van der Waals surface area (Å²) < 4.78 is 11.3. The van der Waals surface area contributed by atoms with Crippen molar-refractivity contribution in [2.24, 2.45) is 0 Å². The molecule has 0 unspecified atom stereocenters. The maximum Gasteiger partial charge on any atom is 0.243 e. The van der Waals surface area contributed by atoms with E-state index in [1.54, 1.807) is 26.4 Å². The number of anilines is 2. The Labute approximate surface area is 137 Å². The summed E-state index contributed by atoms with van der Waals surface area (Å²) in [6.07, 6.45) is 0. The van der Waals surface area contributed by atoms with E-state index in [0.717, 1.165) is 15.8 Å². The first-order chi connectivity index (χ1) is 10.6. The van der Waals surface area contributed by atoms with Crippen LogP contribution in [0.3, 0.4) is 0 Å². The molecule has 0 spiro atoms. The molecule has 0 aliphatic heterocycles. The van der Waals surface area contributed by atoms with E-state index in [-0.39, 0.29) is 12.5 Å². The Morgan fingerprint density at radius 3 is 2.55 bits per heavy atom. The number of ether oxygens (including phenoxy) is 2. The normalized spacial score (nSPS) is 9.95. The standard InChI is InChI=1S/C16H17BrN2O3/c1-21-11-7-8-14(15(9-11)22-2)18-10-16(20)19-13-6-4-3-5-12(13)17/h3-9,18H,10H2,1-2H3,(H,19,20). The Kier molecular flexibility index (Phi) is 5.66. The van der Waals surface area contributed by atoms with Crippen molar-refractivity contribution in [3.63, 3.8) is 0 Å². The molecule has 0 fully saturated rings. The van der Waals surface area contributed by atoms with Gasteiger partial charge < -0.3 is 20.1 Å². The molecule has 0 atom stereocenters. The van der Waals surface area contributed by atoms with Gasteiger partial charge >= 0.3 is 0 Å².